The van der Waals surface area contributed by atoms with Crippen LogP contribution in [0.1, 0.15) is 6.92 Å². The summed E-state index contributed by atoms with van der Waals surface area (Å²) in [6, 6.07) is 0. The standard InChI is InChI=1S/C2H4.H2N.Po.H/c1-2;;;/h1H,2H3;1H2;;/q;-1;+1;. The molecule has 0 unspecified atom stereocenters. The Morgan fingerprint density at radius 1 is 2.00 bits per heavy atom. The third-order valence-electron chi connectivity index (χ3n) is 0.149. The van der Waals surface area contributed by atoms with E-state index in [4.69, 9.17) is 3.63 Å². The van der Waals surface area contributed by atoms with E-state index in [1.54, 1.807) is 0 Å². The predicted octanol–water partition coefficient (Wildman–Crippen LogP) is -0.881. The van der Waals surface area contributed by atoms with E-state index in [-0.39, 0.29) is 0 Å². The molecule has 0 radical (unpaired) electrons. The molecule has 2 heteroatoms. The normalized spacial score (nSPS) is 11.5. The number of rotatable bonds is 0. The molecular weight excluding hydrogens is 247 g/mol. The van der Waals surface area contributed by atoms with Gasteiger partial charge in [0, 0.05) is 0 Å². The first-order chi connectivity index (χ1) is 1.91. The summed E-state index contributed by atoms with van der Waals surface area (Å²) in [4.78, 5) is 0. The minimum absolute atomic E-state index is 0.469. The molecule has 0 fully saturated rings. The summed E-state index contributed by atoms with van der Waals surface area (Å²) in [5.74, 6) is 0. The third kappa shape index (κ3) is 2.73. The molecule has 0 atom stereocenters. The van der Waals surface area contributed by atoms with Crippen molar-refractivity contribution in [1.82, 2.24) is 0 Å². The van der Waals surface area contributed by atoms with Crippen molar-refractivity contribution in [3.63, 3.8) is 0 Å². The van der Waals surface area contributed by atoms with Gasteiger partial charge in [-0.2, -0.15) is 0 Å². The van der Waals surface area contributed by atoms with Crippen molar-refractivity contribution in [2.45, 2.75) is 6.92 Å². The Balaban J connectivity index is 2.55. The van der Waals surface area contributed by atoms with E-state index in [1.165, 1.54) is 0 Å². The molecule has 0 bridgehead atoms. The van der Waals surface area contributed by atoms with Gasteiger partial charge in [-0.25, -0.2) is 0 Å². The van der Waals surface area contributed by atoms with Gasteiger partial charge in [0.1, 0.15) is 0 Å². The molecule has 26 valence electrons. The molecular formula is C2H7NPo. The Morgan fingerprint density at radius 2 is 2.25 bits per heavy atom. The molecule has 4 heavy (non-hydrogen) atoms. The molecule has 0 aliphatic carbocycles. The molecule has 2 N–H and O–H groups in total. The second kappa shape index (κ2) is 3.73. The van der Waals surface area contributed by atoms with E-state index in [1.807, 2.05) is 6.92 Å². The number of nitrogens with two attached hydrogens (primary N) is 1. The van der Waals surface area contributed by atoms with Crippen molar-refractivity contribution in [2.24, 2.45) is 3.63 Å². The van der Waals surface area contributed by atoms with Crippen molar-refractivity contribution in [2.75, 3.05) is 0 Å². The van der Waals surface area contributed by atoms with E-state index in [0.29, 0.717) is 0 Å². The summed E-state index contributed by atoms with van der Waals surface area (Å²) in [5.41, 5.74) is 0. The Bertz CT molecular complexity index is 21.2. The summed E-state index contributed by atoms with van der Waals surface area (Å²) in [6.45, 7) is 2.01. The van der Waals surface area contributed by atoms with Gasteiger partial charge in [0.05, 0.1) is 0 Å². The van der Waals surface area contributed by atoms with Crippen LogP contribution in [0.3, 0.4) is 0 Å². The summed E-state index contributed by atoms with van der Waals surface area (Å²) < 4.78 is 7.24. The van der Waals surface area contributed by atoms with Gasteiger partial charge in [0.25, 0.3) is 0 Å². The zero-order valence-corrected chi connectivity index (χ0v) is 6.08. The fourth-order valence-corrected chi connectivity index (χ4v) is 0. The van der Waals surface area contributed by atoms with Crippen LogP contribution in [0, 0.1) is 0 Å². The quantitative estimate of drug-likeness (QED) is 0.597. The van der Waals surface area contributed by atoms with Gasteiger partial charge in [-0.1, -0.05) is 0 Å². The maximum atomic E-state index is 5.15. The average Bonchev–Trinajstić information content (AvgIpc) is 1.37. The van der Waals surface area contributed by atoms with Crippen molar-refractivity contribution in [1.29, 1.82) is 0 Å². The molecule has 0 rings (SSSR count). The third-order valence-corrected chi connectivity index (χ3v) is 1.31. The molecule has 0 aliphatic heterocycles. The number of hydrogen-bond acceptors (Lipinski definition) is 1. The van der Waals surface area contributed by atoms with E-state index in [0.717, 1.165) is 0 Å². The van der Waals surface area contributed by atoms with Gasteiger partial charge < -0.3 is 0 Å². The van der Waals surface area contributed by atoms with Crippen LogP contribution < -0.4 is 3.63 Å². The Morgan fingerprint density at radius 3 is 2.25 bits per heavy atom. The zero-order chi connectivity index (χ0) is 3.41. The van der Waals surface area contributed by atoms with Crippen molar-refractivity contribution in [3.8, 4) is 0 Å². The van der Waals surface area contributed by atoms with Gasteiger partial charge in [0.15, 0.2) is 0 Å². The summed E-state index contributed by atoms with van der Waals surface area (Å²) in [5, 5.41) is 0. The summed E-state index contributed by atoms with van der Waals surface area (Å²) in [6.07, 6.45) is 0. The first-order valence-electron chi connectivity index (χ1n) is 1.09. The van der Waals surface area contributed by atoms with Gasteiger partial charge in [-0.15, -0.1) is 0 Å². The van der Waals surface area contributed by atoms with Gasteiger partial charge >= 0.3 is 37.6 Å². The van der Waals surface area contributed by atoms with Crippen molar-refractivity contribution in [3.05, 3.63) is 0 Å². The molecule has 0 saturated carbocycles. The van der Waals surface area contributed by atoms with E-state index in [2.05, 4.69) is 3.66 Å². The van der Waals surface area contributed by atoms with Crippen LogP contribution in [0.25, 0.3) is 0 Å². The van der Waals surface area contributed by atoms with Crippen LogP contribution in [-0.2, 0) is 0 Å². The molecule has 0 aromatic heterocycles. The van der Waals surface area contributed by atoms with Crippen LogP contribution in [0.2, 0.25) is 0 Å². The topological polar surface area (TPSA) is 26.0 Å². The molecule has 1 nitrogen and oxygen atoms in total. The first kappa shape index (κ1) is 4.73. The van der Waals surface area contributed by atoms with Crippen LogP contribution in [-0.4, -0.2) is 27.0 Å². The SMILES string of the molecule is C[CH]=[PoH][NH2]. The van der Waals surface area contributed by atoms with Crippen LogP contribution in [0.4, 0.5) is 0 Å². The van der Waals surface area contributed by atoms with E-state index in [9.17, 15) is 0 Å². The fourth-order valence-electron chi connectivity index (χ4n) is 0. The van der Waals surface area contributed by atoms with Crippen LogP contribution in [0.5, 0.6) is 0 Å². The van der Waals surface area contributed by atoms with Gasteiger partial charge in [0.2, 0.25) is 0 Å². The summed E-state index contributed by atoms with van der Waals surface area (Å²) >= 11 is -0.469. The molecule has 0 spiro atoms. The second-order valence-electron chi connectivity index (χ2n) is 0.407. The predicted molar refractivity (Wildman–Crippen MR) is 23.1 cm³/mol. The van der Waals surface area contributed by atoms with Crippen LogP contribution in [0.15, 0.2) is 0 Å². The monoisotopic (exact) mass is 254 g/mol. The first-order valence-corrected chi connectivity index (χ1v) is 5.11. The van der Waals surface area contributed by atoms with Crippen molar-refractivity contribution < 1.29 is 0 Å². The average molecular weight is 254 g/mol. The molecule has 0 amide bonds. The molecule has 0 aliphatic rings. The second-order valence-corrected chi connectivity index (χ2v) is 3.57. The van der Waals surface area contributed by atoms with Crippen molar-refractivity contribution >= 4 is 27.0 Å². The van der Waals surface area contributed by atoms with Gasteiger partial charge in [-0.3, -0.25) is 0 Å². The Kier molecular flexibility index (Phi) is 4.40. The molecule has 0 aromatic rings. The Hall–Kier alpha value is 0.726. The minimum atomic E-state index is -0.469. The van der Waals surface area contributed by atoms with Gasteiger partial charge in [-0.05, 0) is 0 Å². The summed E-state index contributed by atoms with van der Waals surface area (Å²) in [7, 11) is 0. The molecule has 0 heterocycles. The molecule has 0 saturated heterocycles. The van der Waals surface area contributed by atoms with E-state index >= 15 is 0 Å². The molecule has 0 aromatic carbocycles. The van der Waals surface area contributed by atoms with E-state index < -0.39 is 23.4 Å². The van der Waals surface area contributed by atoms with Crippen LogP contribution >= 0.6 is 0 Å². The zero-order valence-electron chi connectivity index (χ0n) is 2.60. The number of hydrogen-bond donors (Lipinski definition) is 1. The maximum absolute atomic E-state index is 5.15. The fraction of sp³-hybridized carbons (Fsp3) is 0.500. The Labute approximate surface area is 37.9 Å².